The fourth-order valence-corrected chi connectivity index (χ4v) is 3.75. The Balaban J connectivity index is 0.00000199. The van der Waals surface area contributed by atoms with Gasteiger partial charge in [0.05, 0.1) is 32.5 Å². The van der Waals surface area contributed by atoms with E-state index in [1.54, 1.807) is 19.1 Å². The zero-order valence-corrected chi connectivity index (χ0v) is 20.9. The monoisotopic (exact) mass is 563 g/mol. The molecule has 0 unspecified atom stereocenters. The summed E-state index contributed by atoms with van der Waals surface area (Å²) in [5.74, 6) is -1.79. The van der Waals surface area contributed by atoms with Crippen molar-refractivity contribution in [2.45, 2.75) is 33.9 Å². The number of hydrogen-bond acceptors (Lipinski definition) is 3. The minimum Gasteiger partial charge on any atom is -0.354 e. The summed E-state index contributed by atoms with van der Waals surface area (Å²) >= 11 is 9.31. The van der Waals surface area contributed by atoms with Crippen LogP contribution in [0.25, 0.3) is 22.6 Å². The topological polar surface area (TPSA) is 43.9 Å². The van der Waals surface area contributed by atoms with E-state index in [0.717, 1.165) is 25.3 Å². The molecule has 0 radical (unpaired) electrons. The van der Waals surface area contributed by atoms with Crippen LogP contribution in [0.4, 0.5) is 22.0 Å². The summed E-state index contributed by atoms with van der Waals surface area (Å²) in [5, 5.41) is 7.46. The van der Waals surface area contributed by atoms with Crippen molar-refractivity contribution in [1.29, 1.82) is 0 Å². The average Bonchev–Trinajstić information content (AvgIpc) is 3.38. The lowest BCUT2D eigenvalue weighted by molar-refractivity contribution is -0.142. The van der Waals surface area contributed by atoms with Crippen molar-refractivity contribution < 1.29 is 26.5 Å². The van der Waals surface area contributed by atoms with E-state index in [9.17, 15) is 22.0 Å². The molecule has 0 atom stereocenters. The van der Waals surface area contributed by atoms with Gasteiger partial charge in [-0.3, -0.25) is 0 Å². The summed E-state index contributed by atoms with van der Waals surface area (Å²) in [6.07, 6.45) is 0.649. The number of alkyl halides is 3. The Hall–Kier alpha value is -2.72. The molecule has 34 heavy (non-hydrogen) atoms. The highest BCUT2D eigenvalue weighted by Crippen LogP contribution is 2.44. The minimum absolute atomic E-state index is 0.0323. The molecule has 2 aromatic heterocycles. The number of nitrogens with zero attached hydrogens (tertiary/aromatic N) is 3. The zero-order valence-electron chi connectivity index (χ0n) is 18.5. The molecule has 4 nitrogen and oxygen atoms in total. The lowest BCUT2D eigenvalue weighted by Gasteiger charge is -2.12. The summed E-state index contributed by atoms with van der Waals surface area (Å²) in [5.41, 5.74) is -2.12. The van der Waals surface area contributed by atoms with Crippen LogP contribution >= 0.6 is 27.5 Å². The van der Waals surface area contributed by atoms with E-state index >= 15 is 0 Å². The fraction of sp³-hybridized carbons (Fsp3) is 0.217. The third kappa shape index (κ3) is 5.85. The van der Waals surface area contributed by atoms with E-state index in [-0.39, 0.29) is 32.2 Å². The predicted molar refractivity (Wildman–Crippen MR) is 126 cm³/mol. The van der Waals surface area contributed by atoms with Gasteiger partial charge in [0.1, 0.15) is 17.3 Å². The molecule has 1 aromatic carbocycles. The standard InChI is InChI=1S/C21H14BrClF5N3O.C2H6/c1-3-4-8-15(23)16(11(2)24)18-17(22)19(32-30-18)14-10-29-31(20(14)21(26,27)28)13-7-5-6-12(25)9-13;1-2/h3-10H,1-2H3;1-2H3/b4-3-,15-8+,16-11-;. The van der Waals surface area contributed by atoms with Gasteiger partial charge in [-0.25, -0.2) is 13.5 Å². The Morgan fingerprint density at radius 1 is 1.24 bits per heavy atom. The first kappa shape index (κ1) is 27.5. The van der Waals surface area contributed by atoms with Gasteiger partial charge < -0.3 is 4.52 Å². The van der Waals surface area contributed by atoms with Crippen molar-refractivity contribution in [3.05, 3.63) is 81.2 Å². The maximum atomic E-state index is 14.2. The zero-order chi connectivity index (χ0) is 25.6. The molecule has 0 spiro atoms. The van der Waals surface area contributed by atoms with Gasteiger partial charge in [0.2, 0.25) is 0 Å². The number of allylic oxidation sites excluding steroid dienone is 6. The van der Waals surface area contributed by atoms with E-state index in [4.69, 9.17) is 16.1 Å². The van der Waals surface area contributed by atoms with Gasteiger partial charge in [-0.15, -0.1) is 0 Å². The van der Waals surface area contributed by atoms with Crippen LogP contribution in [0.5, 0.6) is 0 Å². The molecule has 2 heterocycles. The molecule has 11 heteroatoms. The van der Waals surface area contributed by atoms with E-state index in [0.29, 0.717) is 4.68 Å². The van der Waals surface area contributed by atoms with Gasteiger partial charge in [-0.1, -0.05) is 48.8 Å². The van der Waals surface area contributed by atoms with E-state index in [1.807, 2.05) is 13.8 Å². The van der Waals surface area contributed by atoms with Gasteiger partial charge in [-0.05, 0) is 54.1 Å². The Morgan fingerprint density at radius 2 is 1.91 bits per heavy atom. The van der Waals surface area contributed by atoms with Gasteiger partial charge in [0.25, 0.3) is 0 Å². The van der Waals surface area contributed by atoms with Crippen molar-refractivity contribution in [1.82, 2.24) is 14.9 Å². The highest BCUT2D eigenvalue weighted by atomic mass is 79.9. The van der Waals surface area contributed by atoms with Crippen molar-refractivity contribution in [2.75, 3.05) is 0 Å². The average molecular weight is 565 g/mol. The molecule has 3 aromatic rings. The molecule has 182 valence electrons. The second kappa shape index (κ2) is 11.6. The van der Waals surface area contributed by atoms with Crippen LogP contribution in [-0.4, -0.2) is 14.9 Å². The van der Waals surface area contributed by atoms with E-state index in [1.165, 1.54) is 18.2 Å². The van der Waals surface area contributed by atoms with E-state index < -0.39 is 29.1 Å². The third-order valence-corrected chi connectivity index (χ3v) is 5.28. The molecule has 0 bridgehead atoms. The molecule has 3 rings (SSSR count). The SMILES string of the molecule is CC.C\C=C/C=C(Cl)\C(=C(/C)F)c1noc(-c2cnn(-c3cccc(F)c3)c2C(F)(F)F)c1Br. The van der Waals surface area contributed by atoms with Crippen LogP contribution in [0.2, 0.25) is 0 Å². The molecular weight excluding hydrogens is 545 g/mol. The first-order chi connectivity index (χ1) is 16.1. The maximum Gasteiger partial charge on any atom is 0.434 e. The largest absolute Gasteiger partial charge is 0.434 e. The Labute approximate surface area is 206 Å². The van der Waals surface area contributed by atoms with Crippen molar-refractivity contribution in [3.8, 4) is 17.0 Å². The van der Waals surface area contributed by atoms with Crippen LogP contribution in [0.15, 0.2) is 68.5 Å². The van der Waals surface area contributed by atoms with Crippen LogP contribution in [-0.2, 0) is 6.18 Å². The summed E-state index contributed by atoms with van der Waals surface area (Å²) in [6, 6.07) is 4.54. The second-order valence-corrected chi connectivity index (χ2v) is 7.62. The third-order valence-electron chi connectivity index (χ3n) is 4.23. The summed E-state index contributed by atoms with van der Waals surface area (Å²) < 4.78 is 75.4. The van der Waals surface area contributed by atoms with E-state index in [2.05, 4.69) is 26.2 Å². The number of hydrogen-bond donors (Lipinski definition) is 0. The van der Waals surface area contributed by atoms with Gasteiger partial charge in [0, 0.05) is 0 Å². The highest BCUT2D eigenvalue weighted by molar-refractivity contribution is 9.10. The van der Waals surface area contributed by atoms with Gasteiger partial charge >= 0.3 is 6.18 Å². The first-order valence-electron chi connectivity index (χ1n) is 9.98. The second-order valence-electron chi connectivity index (χ2n) is 6.42. The van der Waals surface area contributed by atoms with Crippen LogP contribution < -0.4 is 0 Å². The summed E-state index contributed by atoms with van der Waals surface area (Å²) in [6.45, 7) is 6.86. The Bertz CT molecular complexity index is 1240. The molecule has 0 saturated heterocycles. The molecular formula is C23H20BrClF5N3O. The normalized spacial score (nSPS) is 13.1. The Kier molecular flexibility index (Phi) is 9.40. The quantitative estimate of drug-likeness (QED) is 0.230. The predicted octanol–water partition coefficient (Wildman–Crippen LogP) is 8.87. The summed E-state index contributed by atoms with van der Waals surface area (Å²) in [7, 11) is 0. The molecule has 0 N–H and O–H groups in total. The van der Waals surface area contributed by atoms with Crippen LogP contribution in [0.1, 0.15) is 39.1 Å². The van der Waals surface area contributed by atoms with Crippen molar-refractivity contribution in [2.24, 2.45) is 0 Å². The van der Waals surface area contributed by atoms with Gasteiger partial charge in [0.15, 0.2) is 11.5 Å². The minimum atomic E-state index is -4.89. The first-order valence-corrected chi connectivity index (χ1v) is 11.2. The summed E-state index contributed by atoms with van der Waals surface area (Å²) in [4.78, 5) is 0. The molecule has 0 saturated carbocycles. The highest BCUT2D eigenvalue weighted by Gasteiger charge is 2.41. The number of aromatic nitrogens is 3. The molecule has 0 aliphatic heterocycles. The van der Waals surface area contributed by atoms with Crippen LogP contribution in [0.3, 0.4) is 0 Å². The van der Waals surface area contributed by atoms with Crippen molar-refractivity contribution >= 4 is 33.1 Å². The smallest absolute Gasteiger partial charge is 0.354 e. The number of halogens is 7. The number of benzene rings is 1. The Morgan fingerprint density at radius 3 is 2.47 bits per heavy atom. The lowest BCUT2D eigenvalue weighted by Crippen LogP contribution is -2.14. The van der Waals surface area contributed by atoms with Crippen LogP contribution in [0, 0.1) is 5.82 Å². The van der Waals surface area contributed by atoms with Crippen molar-refractivity contribution in [3.63, 3.8) is 0 Å². The molecule has 0 aliphatic carbocycles. The van der Waals surface area contributed by atoms with Gasteiger partial charge in [-0.2, -0.15) is 18.3 Å². The lowest BCUT2D eigenvalue weighted by atomic mass is 10.1. The molecule has 0 amide bonds. The molecule has 0 aliphatic rings. The maximum absolute atomic E-state index is 14.2. The molecule has 0 fully saturated rings. The number of rotatable bonds is 5. The fourth-order valence-electron chi connectivity index (χ4n) is 2.90.